The monoisotopic (exact) mass is 521 g/mol. The fourth-order valence-electron chi connectivity index (χ4n) is 4.95. The number of aromatic nitrogens is 7. The molecule has 5 heterocycles. The van der Waals surface area contributed by atoms with E-state index in [0.717, 1.165) is 16.8 Å². The van der Waals surface area contributed by atoms with Crippen molar-refractivity contribution >= 4 is 23.2 Å². The second-order valence-electron chi connectivity index (χ2n) is 10.1. The summed E-state index contributed by atoms with van der Waals surface area (Å²) in [5.74, 6) is -0.393. The molecule has 13 nitrogen and oxygen atoms in total. The van der Waals surface area contributed by atoms with Crippen molar-refractivity contribution in [3.8, 4) is 16.8 Å². The molecule has 1 fully saturated rings. The normalized spacial score (nSPS) is 14.9. The summed E-state index contributed by atoms with van der Waals surface area (Å²) < 4.78 is 4.87. The Morgan fingerprint density at radius 2 is 1.79 bits per heavy atom. The van der Waals surface area contributed by atoms with Gasteiger partial charge >= 0.3 is 0 Å². The topological polar surface area (TPSA) is 170 Å². The van der Waals surface area contributed by atoms with Crippen LogP contribution in [0.1, 0.15) is 48.7 Å². The number of hydrogen-bond donors (Lipinski definition) is 3. The van der Waals surface area contributed by atoms with Crippen LogP contribution < -0.4 is 5.73 Å². The van der Waals surface area contributed by atoms with Gasteiger partial charge in [0.1, 0.15) is 11.5 Å². The Balaban J connectivity index is 1.49. The minimum atomic E-state index is -1.23. The number of nitrogen functional groups attached to an aromatic ring is 1. The van der Waals surface area contributed by atoms with Crippen molar-refractivity contribution in [2.75, 3.05) is 32.0 Å². The summed E-state index contributed by atoms with van der Waals surface area (Å²) in [6.07, 6.45) is 9.90. The average molecular weight is 522 g/mol. The lowest BCUT2D eigenvalue weighted by Crippen LogP contribution is -2.49. The number of Topliss-reactive ketones (excluding diaryl/α,β-unsaturated/α-hetero) is 1. The maximum absolute atomic E-state index is 12.9. The number of aliphatic hydroxyl groups is 2. The molecule has 1 amide bonds. The SMILES string of the molecule is CC(=O)c1c(C2CCN(C(=O)C(C)(CO)CO)CC2)nc2c(-c3cnn(-c4cnn(C)c4)c3)cnn2c1N. The van der Waals surface area contributed by atoms with E-state index in [-0.39, 0.29) is 23.4 Å². The molecule has 0 saturated carbocycles. The number of carbonyl (C=O) groups excluding carboxylic acids is 2. The second-order valence-corrected chi connectivity index (χ2v) is 10.1. The summed E-state index contributed by atoms with van der Waals surface area (Å²) >= 11 is 0. The number of aliphatic hydroxyl groups excluding tert-OH is 2. The molecule has 4 aromatic rings. The average Bonchev–Trinajstić information content (AvgIpc) is 3.67. The van der Waals surface area contributed by atoms with Gasteiger partial charge in [0, 0.05) is 43.4 Å². The largest absolute Gasteiger partial charge is 0.395 e. The molecule has 4 N–H and O–H groups in total. The van der Waals surface area contributed by atoms with Gasteiger partial charge in [-0.3, -0.25) is 14.3 Å². The number of aryl methyl sites for hydroxylation is 1. The first kappa shape index (κ1) is 25.5. The van der Waals surface area contributed by atoms with Crippen LogP contribution in [0.15, 0.2) is 31.0 Å². The Morgan fingerprint density at radius 3 is 2.39 bits per heavy atom. The van der Waals surface area contributed by atoms with E-state index >= 15 is 0 Å². The van der Waals surface area contributed by atoms with Gasteiger partial charge in [0.05, 0.1) is 54.7 Å². The third-order valence-corrected chi connectivity index (χ3v) is 7.30. The number of nitrogens with two attached hydrogens (primary N) is 1. The minimum Gasteiger partial charge on any atom is -0.395 e. The summed E-state index contributed by atoms with van der Waals surface area (Å²) in [5.41, 5.74) is 8.99. The molecule has 0 aliphatic carbocycles. The van der Waals surface area contributed by atoms with Crippen LogP contribution in [0.2, 0.25) is 0 Å². The lowest BCUT2D eigenvalue weighted by molar-refractivity contribution is -0.147. The van der Waals surface area contributed by atoms with Crippen LogP contribution in [0.5, 0.6) is 0 Å². The first-order valence-electron chi connectivity index (χ1n) is 12.4. The molecule has 5 rings (SSSR count). The van der Waals surface area contributed by atoms with Gasteiger partial charge in [0.25, 0.3) is 0 Å². The van der Waals surface area contributed by atoms with E-state index in [1.54, 1.807) is 39.8 Å². The zero-order chi connectivity index (χ0) is 27.2. The Labute approximate surface area is 218 Å². The first-order valence-corrected chi connectivity index (χ1v) is 12.4. The third kappa shape index (κ3) is 4.23. The van der Waals surface area contributed by atoms with Gasteiger partial charge in [-0.25, -0.2) is 9.67 Å². The van der Waals surface area contributed by atoms with Crippen LogP contribution in [-0.2, 0) is 11.8 Å². The summed E-state index contributed by atoms with van der Waals surface area (Å²) in [5, 5.41) is 32.3. The van der Waals surface area contributed by atoms with Crippen LogP contribution in [0.25, 0.3) is 22.5 Å². The molecule has 4 aromatic heterocycles. The van der Waals surface area contributed by atoms with Gasteiger partial charge in [-0.1, -0.05) is 0 Å². The number of amides is 1. The molecule has 38 heavy (non-hydrogen) atoms. The van der Waals surface area contributed by atoms with Crippen molar-refractivity contribution in [2.24, 2.45) is 12.5 Å². The van der Waals surface area contributed by atoms with Gasteiger partial charge in [0.2, 0.25) is 5.91 Å². The van der Waals surface area contributed by atoms with E-state index in [4.69, 9.17) is 10.7 Å². The number of carbonyl (C=O) groups is 2. The fourth-order valence-corrected chi connectivity index (χ4v) is 4.95. The molecular weight excluding hydrogens is 490 g/mol. The van der Waals surface area contributed by atoms with Gasteiger partial charge in [-0.05, 0) is 26.7 Å². The maximum Gasteiger partial charge on any atom is 0.233 e. The molecule has 13 heteroatoms. The lowest BCUT2D eigenvalue weighted by Gasteiger charge is -2.37. The molecule has 0 spiro atoms. The predicted octanol–water partition coefficient (Wildman–Crippen LogP) is 0.797. The zero-order valence-corrected chi connectivity index (χ0v) is 21.6. The van der Waals surface area contributed by atoms with E-state index in [9.17, 15) is 19.8 Å². The van der Waals surface area contributed by atoms with Gasteiger partial charge < -0.3 is 20.8 Å². The van der Waals surface area contributed by atoms with Crippen LogP contribution in [0.4, 0.5) is 5.82 Å². The Bertz CT molecular complexity index is 1510. The van der Waals surface area contributed by atoms with Crippen LogP contribution >= 0.6 is 0 Å². The van der Waals surface area contributed by atoms with E-state index < -0.39 is 18.6 Å². The molecule has 0 bridgehead atoms. The predicted molar refractivity (Wildman–Crippen MR) is 138 cm³/mol. The maximum atomic E-state index is 12.9. The number of anilines is 1. The van der Waals surface area contributed by atoms with Crippen LogP contribution in [0.3, 0.4) is 0 Å². The Hall–Kier alpha value is -4.10. The number of rotatable bonds is 7. The summed E-state index contributed by atoms with van der Waals surface area (Å²) in [7, 11) is 1.83. The summed E-state index contributed by atoms with van der Waals surface area (Å²) in [6, 6.07) is 0. The summed E-state index contributed by atoms with van der Waals surface area (Å²) in [4.78, 5) is 32.2. The molecule has 1 aliphatic heterocycles. The number of fused-ring (bicyclic) bond motifs is 1. The van der Waals surface area contributed by atoms with Crippen molar-refractivity contribution in [3.63, 3.8) is 0 Å². The number of hydrogen-bond acceptors (Lipinski definition) is 9. The highest BCUT2D eigenvalue weighted by Gasteiger charge is 2.38. The molecule has 200 valence electrons. The number of piperidine rings is 1. The van der Waals surface area contributed by atoms with Gasteiger partial charge in [-0.2, -0.15) is 19.8 Å². The quantitative estimate of drug-likeness (QED) is 0.298. The van der Waals surface area contributed by atoms with Crippen LogP contribution in [0, 0.1) is 5.41 Å². The van der Waals surface area contributed by atoms with Crippen molar-refractivity contribution in [2.45, 2.75) is 32.6 Å². The van der Waals surface area contributed by atoms with Gasteiger partial charge in [-0.15, -0.1) is 0 Å². The first-order chi connectivity index (χ1) is 18.2. The standard InChI is InChI=1S/C25H31N9O4/c1-15(37)20-21(16-4-6-32(7-5-16)24(38)25(2,13-35)14-36)30-23-19(10-29-34(23)22(20)26)17-8-28-33(11-17)18-9-27-31(3)12-18/h8-12,16,35-36H,4-7,13-14,26H2,1-3H3. The van der Waals surface area contributed by atoms with Crippen molar-refractivity contribution < 1.29 is 19.8 Å². The lowest BCUT2D eigenvalue weighted by atomic mass is 9.86. The van der Waals surface area contributed by atoms with E-state index in [1.165, 1.54) is 11.4 Å². The minimum absolute atomic E-state index is 0.111. The molecule has 0 aromatic carbocycles. The summed E-state index contributed by atoms with van der Waals surface area (Å²) in [6.45, 7) is 2.95. The second kappa shape index (κ2) is 9.65. The number of likely N-dealkylation sites (tertiary alicyclic amines) is 1. The fraction of sp³-hybridized carbons (Fsp3) is 0.440. The van der Waals surface area contributed by atoms with E-state index in [1.807, 2.05) is 19.4 Å². The highest BCUT2D eigenvalue weighted by molar-refractivity contribution is 6.00. The van der Waals surface area contributed by atoms with E-state index in [0.29, 0.717) is 42.8 Å². The molecule has 0 unspecified atom stereocenters. The molecule has 1 saturated heterocycles. The van der Waals surface area contributed by atoms with E-state index in [2.05, 4.69) is 15.3 Å². The third-order valence-electron chi connectivity index (χ3n) is 7.30. The van der Waals surface area contributed by atoms with Gasteiger partial charge in [0.15, 0.2) is 11.4 Å². The number of ketones is 1. The van der Waals surface area contributed by atoms with Crippen LogP contribution in [-0.4, -0.2) is 87.3 Å². The van der Waals surface area contributed by atoms with Crippen molar-refractivity contribution in [3.05, 3.63) is 42.2 Å². The number of nitrogens with zero attached hydrogens (tertiary/aromatic N) is 8. The Morgan fingerprint density at radius 1 is 1.08 bits per heavy atom. The molecule has 0 radical (unpaired) electrons. The molecule has 0 atom stereocenters. The highest BCUT2D eigenvalue weighted by Crippen LogP contribution is 2.35. The molecule has 1 aliphatic rings. The van der Waals surface area contributed by atoms with Crippen molar-refractivity contribution in [1.29, 1.82) is 0 Å². The smallest absolute Gasteiger partial charge is 0.233 e. The van der Waals surface area contributed by atoms with Crippen molar-refractivity contribution in [1.82, 2.24) is 39.1 Å². The molecular formula is C25H31N9O4. The zero-order valence-electron chi connectivity index (χ0n) is 21.6. The highest BCUT2D eigenvalue weighted by atomic mass is 16.3. The Kier molecular flexibility index (Phi) is 6.49.